The van der Waals surface area contributed by atoms with Crippen molar-refractivity contribution in [3.8, 4) is 5.75 Å². The normalized spacial score (nSPS) is 15.7. The summed E-state index contributed by atoms with van der Waals surface area (Å²) >= 11 is 0. The fourth-order valence-electron chi connectivity index (χ4n) is 4.89. The first-order valence-corrected chi connectivity index (χ1v) is 11.4. The Morgan fingerprint density at radius 3 is 2.44 bits per heavy atom. The molecule has 0 radical (unpaired) electrons. The summed E-state index contributed by atoms with van der Waals surface area (Å²) in [4.78, 5) is 36.9. The first kappa shape index (κ1) is 23.2. The standard InChI is InChI=1S/C28H27NO5/c29-28(33)24(16-19-10-4-5-11-20(19)27(32)18-8-2-1-3-9-18)22-12-6-14-23-21(22)13-7-15-25(23)34-17-26(30)31/h1-5,7-11,13,15,22,24H,6,12,14,16-17H2,(H2,29,33)(H,30,31). The zero-order valence-corrected chi connectivity index (χ0v) is 18.8. The summed E-state index contributed by atoms with van der Waals surface area (Å²) in [5.41, 5.74) is 9.75. The summed E-state index contributed by atoms with van der Waals surface area (Å²) in [6, 6.07) is 22.0. The minimum Gasteiger partial charge on any atom is -0.482 e. The molecule has 0 heterocycles. The van der Waals surface area contributed by atoms with Gasteiger partial charge >= 0.3 is 5.97 Å². The number of amides is 1. The molecule has 2 atom stereocenters. The van der Waals surface area contributed by atoms with Gasteiger partial charge in [-0.2, -0.15) is 0 Å². The van der Waals surface area contributed by atoms with Crippen LogP contribution in [0.1, 0.15) is 51.4 Å². The molecule has 174 valence electrons. The molecule has 1 aliphatic rings. The van der Waals surface area contributed by atoms with Gasteiger partial charge in [0.05, 0.1) is 0 Å². The van der Waals surface area contributed by atoms with E-state index in [0.29, 0.717) is 23.3 Å². The molecule has 0 bridgehead atoms. The third-order valence-electron chi connectivity index (χ3n) is 6.45. The van der Waals surface area contributed by atoms with Crippen LogP contribution in [0.5, 0.6) is 5.75 Å². The predicted octanol–water partition coefficient (Wildman–Crippen LogP) is 4.15. The summed E-state index contributed by atoms with van der Waals surface area (Å²) in [5.74, 6) is -1.68. The quantitative estimate of drug-likeness (QED) is 0.470. The minimum atomic E-state index is -1.04. The van der Waals surface area contributed by atoms with E-state index in [2.05, 4.69) is 0 Å². The predicted molar refractivity (Wildman–Crippen MR) is 128 cm³/mol. The van der Waals surface area contributed by atoms with Gasteiger partial charge in [0.2, 0.25) is 5.91 Å². The Balaban J connectivity index is 1.66. The fourth-order valence-corrected chi connectivity index (χ4v) is 4.89. The van der Waals surface area contributed by atoms with Crippen LogP contribution in [0.2, 0.25) is 0 Å². The van der Waals surface area contributed by atoms with Gasteiger partial charge < -0.3 is 15.6 Å². The molecule has 0 aromatic heterocycles. The van der Waals surface area contributed by atoms with Crippen LogP contribution in [0, 0.1) is 5.92 Å². The third kappa shape index (κ3) is 5.01. The van der Waals surface area contributed by atoms with E-state index in [0.717, 1.165) is 36.0 Å². The van der Waals surface area contributed by atoms with Gasteiger partial charge in [-0.1, -0.05) is 66.7 Å². The van der Waals surface area contributed by atoms with Crippen molar-refractivity contribution in [3.63, 3.8) is 0 Å². The number of rotatable bonds is 9. The van der Waals surface area contributed by atoms with Crippen LogP contribution < -0.4 is 10.5 Å². The molecular formula is C28H27NO5. The van der Waals surface area contributed by atoms with E-state index in [1.54, 1.807) is 24.3 Å². The number of ketones is 1. The Morgan fingerprint density at radius 1 is 0.971 bits per heavy atom. The Morgan fingerprint density at radius 2 is 1.71 bits per heavy atom. The molecule has 6 nitrogen and oxygen atoms in total. The lowest BCUT2D eigenvalue weighted by molar-refractivity contribution is -0.139. The lowest BCUT2D eigenvalue weighted by Crippen LogP contribution is -2.33. The molecule has 0 saturated heterocycles. The first-order valence-electron chi connectivity index (χ1n) is 11.4. The van der Waals surface area contributed by atoms with Gasteiger partial charge in [0.1, 0.15) is 5.75 Å². The number of hydrogen-bond acceptors (Lipinski definition) is 4. The van der Waals surface area contributed by atoms with Crippen molar-refractivity contribution in [1.29, 1.82) is 0 Å². The highest BCUT2D eigenvalue weighted by Gasteiger charge is 2.33. The van der Waals surface area contributed by atoms with E-state index in [9.17, 15) is 14.4 Å². The van der Waals surface area contributed by atoms with E-state index < -0.39 is 24.4 Å². The van der Waals surface area contributed by atoms with E-state index in [1.807, 2.05) is 48.5 Å². The van der Waals surface area contributed by atoms with E-state index in [-0.39, 0.29) is 11.7 Å². The molecule has 3 aromatic carbocycles. The smallest absolute Gasteiger partial charge is 0.341 e. The number of benzene rings is 3. The maximum atomic E-state index is 13.2. The fraction of sp³-hybridized carbons (Fsp3) is 0.250. The van der Waals surface area contributed by atoms with Gasteiger partial charge in [-0.25, -0.2) is 4.79 Å². The third-order valence-corrected chi connectivity index (χ3v) is 6.45. The second-order valence-electron chi connectivity index (χ2n) is 8.57. The summed E-state index contributed by atoms with van der Waals surface area (Å²) in [5, 5.41) is 9.00. The van der Waals surface area contributed by atoms with E-state index in [4.69, 9.17) is 15.6 Å². The Labute approximate surface area is 198 Å². The van der Waals surface area contributed by atoms with Gasteiger partial charge in [-0.3, -0.25) is 9.59 Å². The van der Waals surface area contributed by atoms with Crippen LogP contribution in [-0.2, 0) is 22.4 Å². The average Bonchev–Trinajstić information content (AvgIpc) is 2.86. The van der Waals surface area contributed by atoms with Crippen molar-refractivity contribution >= 4 is 17.7 Å². The number of nitrogens with two attached hydrogens (primary N) is 1. The molecule has 0 saturated carbocycles. The number of carboxylic acids is 1. The van der Waals surface area contributed by atoms with Crippen molar-refractivity contribution in [3.05, 3.63) is 101 Å². The van der Waals surface area contributed by atoms with E-state index in [1.165, 1.54) is 0 Å². The van der Waals surface area contributed by atoms with Gasteiger partial charge in [-0.15, -0.1) is 0 Å². The number of carboxylic acid groups (broad SMARTS) is 1. The summed E-state index contributed by atoms with van der Waals surface area (Å²) in [7, 11) is 0. The lowest BCUT2D eigenvalue weighted by Gasteiger charge is -2.32. The Kier molecular flexibility index (Phi) is 7.07. The van der Waals surface area contributed by atoms with Crippen molar-refractivity contribution in [2.75, 3.05) is 6.61 Å². The second kappa shape index (κ2) is 10.3. The number of carbonyl (C=O) groups excluding carboxylic acids is 2. The van der Waals surface area contributed by atoms with Crippen molar-refractivity contribution in [2.24, 2.45) is 11.7 Å². The maximum absolute atomic E-state index is 13.2. The number of fused-ring (bicyclic) bond motifs is 1. The molecule has 0 spiro atoms. The highest BCUT2D eigenvalue weighted by molar-refractivity contribution is 6.10. The monoisotopic (exact) mass is 457 g/mol. The average molecular weight is 458 g/mol. The van der Waals surface area contributed by atoms with Crippen molar-refractivity contribution < 1.29 is 24.2 Å². The SMILES string of the molecule is NC(=O)C(Cc1ccccc1C(=O)c1ccccc1)C1CCCc2c(OCC(=O)O)cccc21. The lowest BCUT2D eigenvalue weighted by atomic mass is 9.72. The highest BCUT2D eigenvalue weighted by atomic mass is 16.5. The molecule has 3 N–H and O–H groups in total. The number of carbonyl (C=O) groups is 3. The molecule has 1 amide bonds. The van der Waals surface area contributed by atoms with Crippen LogP contribution in [0.15, 0.2) is 72.8 Å². The number of aliphatic carboxylic acids is 1. The molecule has 2 unspecified atom stereocenters. The molecule has 3 aromatic rings. The van der Waals surface area contributed by atoms with Crippen molar-refractivity contribution in [1.82, 2.24) is 0 Å². The van der Waals surface area contributed by atoms with Gasteiger partial charge in [-0.05, 0) is 54.4 Å². The van der Waals surface area contributed by atoms with Crippen LogP contribution in [0.25, 0.3) is 0 Å². The molecule has 4 rings (SSSR count). The van der Waals surface area contributed by atoms with Crippen LogP contribution in [0.3, 0.4) is 0 Å². The topological polar surface area (TPSA) is 107 Å². The molecule has 1 aliphatic carbocycles. The maximum Gasteiger partial charge on any atom is 0.341 e. The molecule has 0 aliphatic heterocycles. The van der Waals surface area contributed by atoms with E-state index >= 15 is 0 Å². The molecular weight excluding hydrogens is 430 g/mol. The largest absolute Gasteiger partial charge is 0.482 e. The molecule has 6 heteroatoms. The van der Waals surface area contributed by atoms with Crippen LogP contribution in [0.4, 0.5) is 0 Å². The molecule has 34 heavy (non-hydrogen) atoms. The number of ether oxygens (including phenoxy) is 1. The Bertz CT molecular complexity index is 1200. The molecule has 0 fully saturated rings. The summed E-state index contributed by atoms with van der Waals surface area (Å²) < 4.78 is 5.51. The summed E-state index contributed by atoms with van der Waals surface area (Å²) in [6.45, 7) is -0.421. The van der Waals surface area contributed by atoms with Gasteiger partial charge in [0.25, 0.3) is 0 Å². The number of hydrogen-bond donors (Lipinski definition) is 2. The minimum absolute atomic E-state index is 0.0900. The zero-order chi connectivity index (χ0) is 24.1. The van der Waals surface area contributed by atoms with Crippen LogP contribution >= 0.6 is 0 Å². The number of primary amides is 1. The zero-order valence-electron chi connectivity index (χ0n) is 18.8. The van der Waals surface area contributed by atoms with Crippen molar-refractivity contribution in [2.45, 2.75) is 31.6 Å². The second-order valence-corrected chi connectivity index (χ2v) is 8.57. The first-order chi connectivity index (χ1) is 16.5. The van der Waals surface area contributed by atoms with Crippen LogP contribution in [-0.4, -0.2) is 29.4 Å². The highest BCUT2D eigenvalue weighted by Crippen LogP contribution is 2.42. The van der Waals surface area contributed by atoms with Gasteiger partial charge in [0, 0.05) is 17.0 Å². The van der Waals surface area contributed by atoms with Gasteiger partial charge in [0.15, 0.2) is 12.4 Å². The summed E-state index contributed by atoms with van der Waals surface area (Å²) in [6.07, 6.45) is 2.70. The Hall–Kier alpha value is -3.93.